The van der Waals surface area contributed by atoms with Crippen molar-refractivity contribution in [1.82, 2.24) is 14.8 Å². The summed E-state index contributed by atoms with van der Waals surface area (Å²) in [6, 6.07) is 13.8. The first-order valence-corrected chi connectivity index (χ1v) is 11.8. The normalized spacial score (nSPS) is 13.8. The Bertz CT molecular complexity index is 1360. The topological polar surface area (TPSA) is 75.6 Å². The number of rotatable bonds is 6. The van der Waals surface area contributed by atoms with E-state index in [-0.39, 0.29) is 17.8 Å². The summed E-state index contributed by atoms with van der Waals surface area (Å²) in [5, 5.41) is 0. The lowest BCUT2D eigenvalue weighted by Gasteiger charge is -2.35. The standard InChI is InChI=1S/C27H23BF3N4O3/c1-38-26(37)21-4-2-3-19(15-21)7-10-24-23(27(29,30)31)17-32-25(33-24)16-20-5-8-22(9-6-20)34-11-13-35(14-12-34)28-18-36/h2-6,8-9,15,17-18H,11-14,16H2,1H3. The van der Waals surface area contributed by atoms with Crippen LogP contribution in [0, 0.1) is 11.8 Å². The van der Waals surface area contributed by atoms with Crippen LogP contribution in [0.1, 0.15) is 38.6 Å². The molecule has 1 radical (unpaired) electrons. The van der Waals surface area contributed by atoms with Crippen LogP contribution >= 0.6 is 0 Å². The third-order valence-electron chi connectivity index (χ3n) is 6.00. The number of methoxy groups -OCH3 is 1. The Morgan fingerprint density at radius 1 is 1.11 bits per heavy atom. The van der Waals surface area contributed by atoms with Gasteiger partial charge in [0.1, 0.15) is 17.1 Å². The van der Waals surface area contributed by atoms with E-state index in [1.54, 1.807) is 19.5 Å². The van der Waals surface area contributed by atoms with Crippen molar-refractivity contribution in [3.8, 4) is 11.8 Å². The highest BCUT2D eigenvalue weighted by atomic mass is 19.4. The van der Waals surface area contributed by atoms with Crippen LogP contribution < -0.4 is 4.90 Å². The van der Waals surface area contributed by atoms with Crippen molar-refractivity contribution in [2.45, 2.75) is 12.6 Å². The van der Waals surface area contributed by atoms with Gasteiger partial charge >= 0.3 is 12.1 Å². The Morgan fingerprint density at radius 2 is 1.84 bits per heavy atom. The molecule has 7 nitrogen and oxygen atoms in total. The van der Waals surface area contributed by atoms with Crippen LogP contribution in [0.4, 0.5) is 18.9 Å². The molecule has 2 aromatic carbocycles. The molecule has 11 heteroatoms. The number of nitrogens with zero attached hydrogens (tertiary/aromatic N) is 4. The van der Waals surface area contributed by atoms with E-state index < -0.39 is 23.4 Å². The Kier molecular flexibility index (Phi) is 8.43. The first kappa shape index (κ1) is 26.9. The molecule has 38 heavy (non-hydrogen) atoms. The van der Waals surface area contributed by atoms with E-state index in [9.17, 15) is 22.8 Å². The number of ether oxygens (including phenoxy) is 1. The van der Waals surface area contributed by atoms with E-state index in [2.05, 4.69) is 31.4 Å². The maximum absolute atomic E-state index is 13.6. The Morgan fingerprint density at radius 3 is 2.50 bits per heavy atom. The zero-order valence-electron chi connectivity index (χ0n) is 20.5. The lowest BCUT2D eigenvalue weighted by atomic mass is 9.93. The van der Waals surface area contributed by atoms with E-state index in [1.165, 1.54) is 19.2 Å². The van der Waals surface area contributed by atoms with Gasteiger partial charge in [-0.1, -0.05) is 24.1 Å². The second-order valence-corrected chi connectivity index (χ2v) is 8.52. The van der Waals surface area contributed by atoms with Gasteiger partial charge in [-0.2, -0.15) is 13.2 Å². The van der Waals surface area contributed by atoms with Gasteiger partial charge in [-0.25, -0.2) is 14.8 Å². The smallest absolute Gasteiger partial charge is 0.420 e. The first-order valence-electron chi connectivity index (χ1n) is 11.8. The molecule has 1 saturated heterocycles. The molecule has 2 heterocycles. The van der Waals surface area contributed by atoms with Gasteiger partial charge in [-0.05, 0) is 41.8 Å². The van der Waals surface area contributed by atoms with Gasteiger partial charge in [-0.15, -0.1) is 0 Å². The van der Waals surface area contributed by atoms with Gasteiger partial charge < -0.3 is 19.2 Å². The molecule has 0 amide bonds. The van der Waals surface area contributed by atoms with Crippen molar-refractivity contribution in [1.29, 1.82) is 0 Å². The molecule has 0 atom stereocenters. The Labute approximate surface area is 218 Å². The largest absolute Gasteiger partial charge is 0.465 e. The molecule has 0 aliphatic carbocycles. The van der Waals surface area contributed by atoms with Crippen LogP contribution in [-0.2, 0) is 22.1 Å². The monoisotopic (exact) mass is 519 g/mol. The van der Waals surface area contributed by atoms with E-state index in [0.717, 1.165) is 49.8 Å². The number of hydrogen-bond acceptors (Lipinski definition) is 7. The molecule has 0 saturated carbocycles. The number of carbonyl (C=O) groups excluding carboxylic acids is 2. The van der Waals surface area contributed by atoms with Crippen LogP contribution in [-0.4, -0.2) is 67.6 Å². The van der Waals surface area contributed by atoms with E-state index in [4.69, 9.17) is 0 Å². The van der Waals surface area contributed by atoms with Crippen LogP contribution in [0.25, 0.3) is 0 Å². The molecule has 1 aliphatic heterocycles. The molecule has 1 aliphatic rings. The number of benzene rings is 2. The molecular formula is C27H23BF3N4O3. The molecule has 4 rings (SSSR count). The van der Waals surface area contributed by atoms with Gasteiger partial charge in [-0.3, -0.25) is 0 Å². The summed E-state index contributed by atoms with van der Waals surface area (Å²) in [5.41, 5.74) is 0.983. The number of carbonyl (C=O) groups is 2. The van der Waals surface area contributed by atoms with Crippen molar-refractivity contribution in [3.05, 3.63) is 88.5 Å². The lowest BCUT2D eigenvalue weighted by Crippen LogP contribution is -2.48. The number of piperazine rings is 1. The zero-order valence-corrected chi connectivity index (χ0v) is 20.5. The average molecular weight is 519 g/mol. The lowest BCUT2D eigenvalue weighted by molar-refractivity contribution is -0.138. The van der Waals surface area contributed by atoms with E-state index in [0.29, 0.717) is 5.56 Å². The second-order valence-electron chi connectivity index (χ2n) is 8.52. The minimum absolute atomic E-state index is 0.205. The minimum atomic E-state index is -4.68. The maximum Gasteiger partial charge on any atom is 0.420 e. The highest BCUT2D eigenvalue weighted by molar-refractivity contribution is 6.64. The predicted molar refractivity (Wildman–Crippen MR) is 136 cm³/mol. The van der Waals surface area contributed by atoms with E-state index in [1.807, 2.05) is 29.1 Å². The highest BCUT2D eigenvalue weighted by Gasteiger charge is 2.34. The van der Waals surface area contributed by atoms with Gasteiger partial charge in [0.05, 0.1) is 18.9 Å². The Hall–Kier alpha value is -4.17. The molecule has 0 N–H and O–H groups in total. The fourth-order valence-corrected chi connectivity index (χ4v) is 4.00. The molecule has 1 fully saturated rings. The quantitative estimate of drug-likeness (QED) is 0.214. The van der Waals surface area contributed by atoms with Crippen molar-refractivity contribution in [2.75, 3.05) is 38.2 Å². The zero-order chi connectivity index (χ0) is 27.1. The van der Waals surface area contributed by atoms with Gasteiger partial charge in [0.2, 0.25) is 0 Å². The van der Waals surface area contributed by atoms with Gasteiger partial charge in [0, 0.05) is 50.0 Å². The summed E-state index contributed by atoms with van der Waals surface area (Å²) in [6.45, 7) is 3.04. The number of aromatic nitrogens is 2. The number of alkyl halides is 3. The second kappa shape index (κ2) is 11.9. The van der Waals surface area contributed by atoms with Crippen LogP contribution in [0.5, 0.6) is 0 Å². The highest BCUT2D eigenvalue weighted by Crippen LogP contribution is 2.30. The summed E-state index contributed by atoms with van der Waals surface area (Å²) in [4.78, 5) is 34.6. The molecule has 0 unspecified atom stereocenters. The molecular weight excluding hydrogens is 496 g/mol. The van der Waals surface area contributed by atoms with Crippen LogP contribution in [0.3, 0.4) is 0 Å². The van der Waals surface area contributed by atoms with Gasteiger partial charge in [0.15, 0.2) is 0 Å². The van der Waals surface area contributed by atoms with Crippen LogP contribution in [0.15, 0.2) is 54.7 Å². The SMILES string of the molecule is COC(=O)c1cccc(C#Cc2nc(Cc3ccc(N4CCN([B]C=O)CC4)cc3)ncc2C(F)(F)F)c1. The van der Waals surface area contributed by atoms with Crippen molar-refractivity contribution < 1.29 is 27.5 Å². The van der Waals surface area contributed by atoms with Gasteiger partial charge in [0.25, 0.3) is 7.41 Å². The molecule has 0 spiro atoms. The summed E-state index contributed by atoms with van der Waals surface area (Å²) in [7, 11) is 2.78. The Balaban J connectivity index is 1.52. The van der Waals surface area contributed by atoms with Crippen molar-refractivity contribution in [3.63, 3.8) is 0 Å². The summed E-state index contributed by atoms with van der Waals surface area (Å²) in [6.07, 6.45) is -2.91. The fourth-order valence-electron chi connectivity index (χ4n) is 4.00. The summed E-state index contributed by atoms with van der Waals surface area (Å²) in [5.74, 6) is 4.80. The third-order valence-corrected chi connectivity index (χ3v) is 6.00. The molecule has 193 valence electrons. The number of hydrogen-bond donors (Lipinski definition) is 0. The number of anilines is 1. The predicted octanol–water partition coefficient (Wildman–Crippen LogP) is 3.20. The first-order chi connectivity index (χ1) is 18.3. The van der Waals surface area contributed by atoms with Crippen molar-refractivity contribution in [2.24, 2.45) is 0 Å². The molecule has 3 aromatic rings. The van der Waals surface area contributed by atoms with Crippen molar-refractivity contribution >= 4 is 25.3 Å². The average Bonchev–Trinajstić information content (AvgIpc) is 2.92. The molecule has 0 bridgehead atoms. The van der Waals surface area contributed by atoms with Crippen LogP contribution in [0.2, 0.25) is 0 Å². The number of esters is 1. The summed E-state index contributed by atoms with van der Waals surface area (Å²) >= 11 is 0. The van der Waals surface area contributed by atoms with E-state index >= 15 is 0 Å². The number of halogens is 3. The third kappa shape index (κ3) is 6.78. The fraction of sp³-hybridized carbons (Fsp3) is 0.259. The molecule has 1 aromatic heterocycles. The minimum Gasteiger partial charge on any atom is -0.465 e. The maximum atomic E-state index is 13.6. The summed E-state index contributed by atoms with van der Waals surface area (Å²) < 4.78 is 45.5.